The summed E-state index contributed by atoms with van der Waals surface area (Å²) in [5.41, 5.74) is 1.13. The van der Waals surface area contributed by atoms with Crippen LogP contribution in [-0.2, 0) is 9.59 Å². The minimum absolute atomic E-state index is 0.0470. The lowest BCUT2D eigenvalue weighted by molar-refractivity contribution is -0.892. The van der Waals surface area contributed by atoms with Gasteiger partial charge < -0.3 is 19.6 Å². The lowest BCUT2D eigenvalue weighted by Crippen LogP contribution is -2.43. The van der Waals surface area contributed by atoms with Gasteiger partial charge in [0, 0.05) is 37.1 Å². The molecule has 0 fully saturated rings. The van der Waals surface area contributed by atoms with E-state index in [1.165, 1.54) is 19.3 Å². The third-order valence-electron chi connectivity index (χ3n) is 5.25. The molecule has 0 aliphatic carbocycles. The number of hydrogen-bond acceptors (Lipinski definition) is 2. The molecule has 0 saturated carbocycles. The molecule has 0 saturated heterocycles. The maximum atomic E-state index is 11.5. The fraction of sp³-hybridized carbons (Fsp3) is 0.739. The van der Waals surface area contributed by atoms with Gasteiger partial charge in [0.05, 0.1) is 54.4 Å². The van der Waals surface area contributed by atoms with E-state index < -0.39 is 0 Å². The van der Waals surface area contributed by atoms with Crippen LogP contribution in [0.4, 0.5) is 0 Å². The van der Waals surface area contributed by atoms with Crippen molar-refractivity contribution in [3.05, 3.63) is 24.3 Å². The highest BCUT2D eigenvalue weighted by Gasteiger charge is 2.17. The Labute approximate surface area is 179 Å². The number of hydrogen-bond donors (Lipinski definition) is 2. The third kappa shape index (κ3) is 14.9. The van der Waals surface area contributed by atoms with Gasteiger partial charge in [-0.15, -0.1) is 0 Å². The summed E-state index contributed by atoms with van der Waals surface area (Å²) in [6.07, 6.45) is 5.65. The summed E-state index contributed by atoms with van der Waals surface area (Å²) in [6.45, 7) is 16.7. The second-order valence-corrected chi connectivity index (χ2v) is 9.61. The minimum Gasteiger partial charge on any atom is -0.352 e. The zero-order chi connectivity index (χ0) is 22.5. The van der Waals surface area contributed by atoms with Crippen LogP contribution in [0.3, 0.4) is 0 Å². The Balaban J connectivity index is 3.85. The van der Waals surface area contributed by atoms with Gasteiger partial charge in [0.15, 0.2) is 0 Å². The van der Waals surface area contributed by atoms with E-state index in [-0.39, 0.29) is 11.8 Å². The van der Waals surface area contributed by atoms with Gasteiger partial charge in [-0.05, 0) is 33.1 Å². The number of quaternary nitrogens is 2. The van der Waals surface area contributed by atoms with Crippen molar-refractivity contribution in [2.24, 2.45) is 0 Å². The molecule has 2 N–H and O–H groups in total. The van der Waals surface area contributed by atoms with Gasteiger partial charge in [-0.2, -0.15) is 0 Å². The van der Waals surface area contributed by atoms with Crippen LogP contribution in [0.5, 0.6) is 0 Å². The van der Waals surface area contributed by atoms with Gasteiger partial charge in [0.25, 0.3) is 0 Å². The fourth-order valence-corrected chi connectivity index (χ4v) is 3.20. The van der Waals surface area contributed by atoms with Gasteiger partial charge >= 0.3 is 0 Å². The number of carbonyl (C=O) groups excluding carboxylic acids is 2. The first kappa shape index (κ1) is 27.3. The van der Waals surface area contributed by atoms with E-state index in [4.69, 9.17) is 0 Å². The Kier molecular flexibility index (Phi) is 12.8. The van der Waals surface area contributed by atoms with Crippen molar-refractivity contribution in [1.29, 1.82) is 0 Å². The molecular weight excluding hydrogens is 364 g/mol. The molecule has 0 aliphatic heterocycles. The van der Waals surface area contributed by atoms with E-state index in [9.17, 15) is 9.59 Å². The van der Waals surface area contributed by atoms with Gasteiger partial charge in [0.1, 0.15) is 0 Å². The number of nitrogens with zero attached hydrogens (tertiary/aromatic N) is 2. The molecule has 0 bridgehead atoms. The lowest BCUT2D eigenvalue weighted by Gasteiger charge is -2.31. The SMILES string of the molecule is C=C(C)C(=O)NCCC[N+](C)(C)CCCCC[N+](C)(C)CCCNC(=O)C(=C)C. The van der Waals surface area contributed by atoms with Crippen LogP contribution in [0.15, 0.2) is 24.3 Å². The molecule has 0 aromatic carbocycles. The first-order valence-electron chi connectivity index (χ1n) is 10.9. The molecule has 0 heterocycles. The van der Waals surface area contributed by atoms with Crippen molar-refractivity contribution in [1.82, 2.24) is 10.6 Å². The predicted molar refractivity (Wildman–Crippen MR) is 122 cm³/mol. The largest absolute Gasteiger partial charge is 0.352 e. The van der Waals surface area contributed by atoms with E-state index in [0.717, 1.165) is 48.0 Å². The van der Waals surface area contributed by atoms with Crippen molar-refractivity contribution in [2.75, 3.05) is 67.5 Å². The summed E-state index contributed by atoms with van der Waals surface area (Å²) in [5.74, 6) is -0.0940. The number of rotatable bonds is 16. The maximum absolute atomic E-state index is 11.5. The van der Waals surface area contributed by atoms with Crippen molar-refractivity contribution in [3.8, 4) is 0 Å². The average molecular weight is 411 g/mol. The van der Waals surface area contributed by atoms with Crippen LogP contribution in [0, 0.1) is 0 Å². The normalized spacial score (nSPS) is 11.8. The van der Waals surface area contributed by atoms with Crippen molar-refractivity contribution in [3.63, 3.8) is 0 Å². The molecule has 0 atom stereocenters. The van der Waals surface area contributed by atoms with Crippen LogP contribution < -0.4 is 10.6 Å². The van der Waals surface area contributed by atoms with Crippen LogP contribution in [0.25, 0.3) is 0 Å². The standard InChI is InChI=1S/C23H44N4O2/c1-20(2)22(28)24-14-12-18-26(5,6)16-10-9-11-17-27(7,8)19-13-15-25-23(29)21(3)4/h1,3,9-19H2,2,4-8H3/p+2. The third-order valence-corrected chi connectivity index (χ3v) is 5.25. The van der Waals surface area contributed by atoms with Crippen molar-refractivity contribution >= 4 is 11.8 Å². The van der Waals surface area contributed by atoms with Crippen LogP contribution >= 0.6 is 0 Å². The number of carbonyl (C=O) groups is 2. The minimum atomic E-state index is -0.0470. The molecular formula is C23H46N4O2+2. The molecule has 29 heavy (non-hydrogen) atoms. The molecule has 168 valence electrons. The summed E-state index contributed by atoms with van der Waals surface area (Å²) in [6, 6.07) is 0. The summed E-state index contributed by atoms with van der Waals surface area (Å²) in [5, 5.41) is 5.80. The summed E-state index contributed by atoms with van der Waals surface area (Å²) >= 11 is 0. The van der Waals surface area contributed by atoms with Crippen LogP contribution in [-0.4, -0.2) is 88.2 Å². The summed E-state index contributed by atoms with van der Waals surface area (Å²) in [7, 11) is 9.05. The second-order valence-electron chi connectivity index (χ2n) is 9.61. The Morgan fingerprint density at radius 3 is 1.24 bits per heavy atom. The van der Waals surface area contributed by atoms with Crippen LogP contribution in [0.2, 0.25) is 0 Å². The molecule has 0 unspecified atom stereocenters. The van der Waals surface area contributed by atoms with Crippen LogP contribution in [0.1, 0.15) is 46.0 Å². The molecule has 0 spiro atoms. The summed E-state index contributed by atoms with van der Waals surface area (Å²) < 4.78 is 1.98. The molecule has 0 rings (SSSR count). The van der Waals surface area contributed by atoms with Gasteiger partial charge in [-0.1, -0.05) is 13.2 Å². The van der Waals surface area contributed by atoms with Gasteiger partial charge in [0.2, 0.25) is 11.8 Å². The highest BCUT2D eigenvalue weighted by atomic mass is 16.2. The molecule has 6 heteroatoms. The Morgan fingerprint density at radius 1 is 0.621 bits per heavy atom. The quantitative estimate of drug-likeness (QED) is 0.233. The predicted octanol–water partition coefficient (Wildman–Crippen LogP) is 2.47. The molecule has 2 amide bonds. The molecule has 0 aliphatic rings. The van der Waals surface area contributed by atoms with E-state index in [1.54, 1.807) is 13.8 Å². The number of amides is 2. The Bertz CT molecular complexity index is 505. The first-order valence-corrected chi connectivity index (χ1v) is 10.9. The lowest BCUT2D eigenvalue weighted by atomic mass is 10.2. The molecule has 0 aromatic rings. The summed E-state index contributed by atoms with van der Waals surface area (Å²) in [4.78, 5) is 23.0. The van der Waals surface area contributed by atoms with Crippen molar-refractivity contribution < 1.29 is 18.6 Å². The van der Waals surface area contributed by atoms with E-state index >= 15 is 0 Å². The Morgan fingerprint density at radius 2 is 0.931 bits per heavy atom. The monoisotopic (exact) mass is 410 g/mol. The van der Waals surface area contributed by atoms with E-state index in [2.05, 4.69) is 52.0 Å². The van der Waals surface area contributed by atoms with Gasteiger partial charge in [-0.3, -0.25) is 9.59 Å². The zero-order valence-corrected chi connectivity index (χ0v) is 19.9. The smallest absolute Gasteiger partial charge is 0.246 e. The maximum Gasteiger partial charge on any atom is 0.246 e. The molecule has 0 aromatic heterocycles. The second kappa shape index (κ2) is 13.5. The fourth-order valence-electron chi connectivity index (χ4n) is 3.20. The van der Waals surface area contributed by atoms with Crippen molar-refractivity contribution in [2.45, 2.75) is 46.0 Å². The zero-order valence-electron chi connectivity index (χ0n) is 19.9. The Hall–Kier alpha value is -1.66. The van der Waals surface area contributed by atoms with Gasteiger partial charge in [-0.25, -0.2) is 0 Å². The number of nitrogens with one attached hydrogen (secondary N) is 2. The highest BCUT2D eigenvalue weighted by Crippen LogP contribution is 2.08. The van der Waals surface area contributed by atoms with E-state index in [0.29, 0.717) is 24.2 Å². The highest BCUT2D eigenvalue weighted by molar-refractivity contribution is 5.92. The first-order chi connectivity index (χ1) is 13.4. The molecule has 6 nitrogen and oxygen atoms in total. The number of unbranched alkanes of at least 4 members (excludes halogenated alkanes) is 2. The van der Waals surface area contributed by atoms with E-state index in [1.807, 2.05) is 0 Å². The molecule has 0 radical (unpaired) electrons. The topological polar surface area (TPSA) is 58.2 Å². The average Bonchev–Trinajstić information content (AvgIpc) is 2.61.